The first-order chi connectivity index (χ1) is 12.0. The zero-order valence-corrected chi connectivity index (χ0v) is 13.6. The van der Waals surface area contributed by atoms with Crippen molar-refractivity contribution < 1.29 is 50.4 Å². The minimum atomic E-state index is -1.32. The lowest BCUT2D eigenvalue weighted by atomic mass is 10.2. The molecule has 2 aromatic rings. The van der Waals surface area contributed by atoms with Crippen molar-refractivity contribution in [3.63, 3.8) is 0 Å². The van der Waals surface area contributed by atoms with E-state index in [0.29, 0.717) is 0 Å². The summed E-state index contributed by atoms with van der Waals surface area (Å²) in [5.74, 6) is -7.67. The van der Waals surface area contributed by atoms with Crippen LogP contribution in [-0.2, 0) is 0 Å². The quantitative estimate of drug-likeness (QED) is 0.439. The van der Waals surface area contributed by atoms with Crippen molar-refractivity contribution >= 4 is 11.9 Å². The van der Waals surface area contributed by atoms with Gasteiger partial charge in [-0.05, 0) is 35.8 Å². The van der Waals surface area contributed by atoms with Crippen LogP contribution in [0.15, 0.2) is 24.3 Å². The van der Waals surface area contributed by atoms with Crippen molar-refractivity contribution in [3.8, 4) is 34.5 Å². The van der Waals surface area contributed by atoms with Crippen LogP contribution < -0.4 is 10.2 Å². The van der Waals surface area contributed by atoms with Gasteiger partial charge in [0.2, 0.25) is 0 Å². The van der Waals surface area contributed by atoms with E-state index >= 15 is 0 Å². The number of hydrogen-bond donors (Lipinski definition) is 6. The van der Waals surface area contributed by atoms with Crippen molar-refractivity contribution in [1.82, 2.24) is 0 Å². The Morgan fingerprint density at radius 2 is 0.846 bits per heavy atom. The molecule has 10 nitrogen and oxygen atoms in total. The van der Waals surface area contributed by atoms with Crippen LogP contribution >= 0.6 is 0 Å². The van der Waals surface area contributed by atoms with Crippen LogP contribution in [0.3, 0.4) is 0 Å². The van der Waals surface area contributed by atoms with Crippen molar-refractivity contribution in [2.75, 3.05) is 0 Å². The Morgan fingerprint density at radius 3 is 1.00 bits per heavy atom. The Morgan fingerprint density at radius 1 is 0.654 bits per heavy atom. The second-order valence-corrected chi connectivity index (χ2v) is 4.30. The van der Waals surface area contributed by atoms with Gasteiger partial charge < -0.3 is 40.9 Å². The third-order valence-corrected chi connectivity index (χ3v) is 2.59. The number of carboxylic acid groups (broad SMARTS) is 2. The molecule has 0 amide bonds. The summed E-state index contributed by atoms with van der Waals surface area (Å²) in [6.45, 7) is 4.00. The molecule has 0 aliphatic rings. The highest BCUT2D eigenvalue weighted by Crippen LogP contribution is 2.33. The molecule has 142 valence electrons. The van der Waals surface area contributed by atoms with E-state index in [1.807, 2.05) is 13.8 Å². The molecular formula is C16H16O10-2. The Hall–Kier alpha value is -3.82. The molecule has 2 aromatic carbocycles. The largest absolute Gasteiger partial charge is 0.867 e. The van der Waals surface area contributed by atoms with Crippen LogP contribution in [-0.4, -0.2) is 42.6 Å². The van der Waals surface area contributed by atoms with E-state index in [2.05, 4.69) is 0 Å². The first kappa shape index (κ1) is 22.2. The van der Waals surface area contributed by atoms with E-state index in [-0.39, 0.29) is 11.1 Å². The van der Waals surface area contributed by atoms with Crippen LogP contribution in [0.2, 0.25) is 0 Å². The third kappa shape index (κ3) is 5.67. The highest BCUT2D eigenvalue weighted by molar-refractivity contribution is 5.89. The number of phenolic OH excluding ortho intramolecular Hbond substituents is 4. The second kappa shape index (κ2) is 9.47. The molecule has 0 aliphatic carbocycles. The molecule has 0 aromatic heterocycles. The molecule has 0 radical (unpaired) electrons. The molecule has 0 heterocycles. The van der Waals surface area contributed by atoms with Crippen LogP contribution in [0.5, 0.6) is 34.5 Å². The summed E-state index contributed by atoms with van der Waals surface area (Å²) in [5.41, 5.74) is -0.658. The Labute approximate surface area is 147 Å². The number of benzene rings is 2. The Balaban J connectivity index is 0.000000439. The molecule has 6 N–H and O–H groups in total. The summed E-state index contributed by atoms with van der Waals surface area (Å²) in [7, 11) is 0. The van der Waals surface area contributed by atoms with E-state index in [4.69, 9.17) is 30.6 Å². The van der Waals surface area contributed by atoms with Crippen LogP contribution in [0.4, 0.5) is 0 Å². The summed E-state index contributed by atoms with van der Waals surface area (Å²) in [6.07, 6.45) is 0. The van der Waals surface area contributed by atoms with Crippen molar-refractivity contribution in [3.05, 3.63) is 35.4 Å². The second-order valence-electron chi connectivity index (χ2n) is 4.30. The number of aromatic hydroxyl groups is 4. The number of hydrogen-bond acceptors (Lipinski definition) is 8. The average molecular weight is 368 g/mol. The topological polar surface area (TPSA) is 202 Å². The maximum absolute atomic E-state index is 10.7. The summed E-state index contributed by atoms with van der Waals surface area (Å²) in [4.78, 5) is 20.6. The predicted octanol–water partition coefficient (Wildman–Crippen LogP) is 0.765. The van der Waals surface area contributed by atoms with Crippen molar-refractivity contribution in [2.45, 2.75) is 13.8 Å². The van der Waals surface area contributed by atoms with Gasteiger partial charge in [0, 0.05) is 0 Å². The third-order valence-electron chi connectivity index (χ3n) is 2.59. The van der Waals surface area contributed by atoms with Crippen LogP contribution in [0.25, 0.3) is 0 Å². The molecule has 0 atom stereocenters. The van der Waals surface area contributed by atoms with E-state index in [1.165, 1.54) is 0 Å². The minimum Gasteiger partial charge on any atom is -0.867 e. The molecule has 26 heavy (non-hydrogen) atoms. The highest BCUT2D eigenvalue weighted by atomic mass is 16.4. The summed E-state index contributed by atoms with van der Waals surface area (Å²) < 4.78 is 0. The lowest BCUT2D eigenvalue weighted by Gasteiger charge is -2.10. The number of carboxylic acids is 2. The lowest BCUT2D eigenvalue weighted by molar-refractivity contribution is -0.272. The predicted molar refractivity (Wildman–Crippen MR) is 83.7 cm³/mol. The standard InChI is InChI=1S/2C7H6O5.C2H6/c2*8-4-1-3(7(11)12)2-5(9)6(4)10;1-2/h2*1-2,8-10H,(H,11,12);1-2H3/p-2. The molecule has 10 heteroatoms. The van der Waals surface area contributed by atoms with Crippen molar-refractivity contribution in [2.24, 2.45) is 0 Å². The average Bonchev–Trinajstić information content (AvgIpc) is 2.58. The maximum Gasteiger partial charge on any atom is 0.335 e. The van der Waals surface area contributed by atoms with E-state index in [1.54, 1.807) is 0 Å². The molecule has 0 bridgehead atoms. The van der Waals surface area contributed by atoms with E-state index in [9.17, 15) is 19.8 Å². The van der Waals surface area contributed by atoms with Crippen LogP contribution in [0, 0.1) is 0 Å². The Kier molecular flexibility index (Phi) is 8.08. The van der Waals surface area contributed by atoms with Crippen LogP contribution in [0.1, 0.15) is 34.6 Å². The zero-order valence-electron chi connectivity index (χ0n) is 13.6. The lowest BCUT2D eigenvalue weighted by Crippen LogP contribution is -1.98. The fourth-order valence-corrected chi connectivity index (χ4v) is 1.44. The summed E-state index contributed by atoms with van der Waals surface area (Å²) in [6, 6.07) is 3.13. The van der Waals surface area contributed by atoms with Gasteiger partial charge in [-0.3, -0.25) is 0 Å². The van der Waals surface area contributed by atoms with Gasteiger partial charge in [-0.25, -0.2) is 9.59 Å². The smallest absolute Gasteiger partial charge is 0.335 e. The molecule has 0 unspecified atom stereocenters. The zero-order chi connectivity index (χ0) is 20.6. The van der Waals surface area contributed by atoms with Crippen molar-refractivity contribution in [1.29, 1.82) is 0 Å². The first-order valence-electron chi connectivity index (χ1n) is 6.97. The molecule has 0 spiro atoms. The first-order valence-corrected chi connectivity index (χ1v) is 6.97. The van der Waals surface area contributed by atoms with E-state index < -0.39 is 46.4 Å². The Bertz CT molecular complexity index is 684. The number of phenols is 4. The van der Waals surface area contributed by atoms with E-state index in [0.717, 1.165) is 24.3 Å². The van der Waals surface area contributed by atoms with Gasteiger partial charge in [-0.2, -0.15) is 0 Å². The number of rotatable bonds is 2. The number of carbonyl (C=O) groups is 2. The van der Waals surface area contributed by atoms with Gasteiger partial charge in [0.25, 0.3) is 0 Å². The molecule has 0 saturated carbocycles. The monoisotopic (exact) mass is 368 g/mol. The minimum absolute atomic E-state index is 0.329. The van der Waals surface area contributed by atoms with Gasteiger partial charge in [0.1, 0.15) is 23.0 Å². The molecule has 0 saturated heterocycles. The number of aromatic carboxylic acids is 2. The van der Waals surface area contributed by atoms with Gasteiger partial charge >= 0.3 is 11.9 Å². The summed E-state index contributed by atoms with van der Waals surface area (Å²) >= 11 is 0. The SMILES string of the molecule is CC.O=C(O)c1cc(O)c([O-])c(O)c1.O=C(O)c1cc(O)c([O-])c(O)c1. The van der Waals surface area contributed by atoms with Gasteiger partial charge in [0.15, 0.2) is 0 Å². The molecule has 0 aliphatic heterocycles. The highest BCUT2D eigenvalue weighted by Gasteiger charge is 2.07. The summed E-state index contributed by atoms with van der Waals surface area (Å²) in [5, 5.41) is 73.3. The van der Waals surface area contributed by atoms with Gasteiger partial charge in [-0.1, -0.05) is 13.8 Å². The van der Waals surface area contributed by atoms with Gasteiger partial charge in [0.05, 0.1) is 11.1 Å². The molecule has 0 fully saturated rings. The fourth-order valence-electron chi connectivity index (χ4n) is 1.44. The molecule has 2 rings (SSSR count). The fraction of sp³-hybridized carbons (Fsp3) is 0.125. The molecular weight excluding hydrogens is 352 g/mol. The maximum atomic E-state index is 10.7. The normalized spacial score (nSPS) is 9.15. The van der Waals surface area contributed by atoms with Gasteiger partial charge in [-0.15, -0.1) is 0 Å².